The van der Waals surface area contributed by atoms with Crippen molar-refractivity contribution in [1.82, 2.24) is 4.90 Å². The average Bonchev–Trinajstić information content (AvgIpc) is 2.62. The summed E-state index contributed by atoms with van der Waals surface area (Å²) < 4.78 is 68.3. The fraction of sp³-hybridized carbons (Fsp3) is 0.647. The number of hydrogen-bond donors (Lipinski definition) is 0. The van der Waals surface area contributed by atoms with E-state index < -0.39 is 20.2 Å². The van der Waals surface area contributed by atoms with Crippen LogP contribution in [0, 0.1) is 5.92 Å². The molecular weight excluding hydrogens is 369 g/mol. The van der Waals surface area contributed by atoms with Gasteiger partial charge in [-0.3, -0.25) is 4.90 Å². The van der Waals surface area contributed by atoms with Gasteiger partial charge in [-0.25, -0.2) is 8.42 Å². The van der Waals surface area contributed by atoms with Crippen LogP contribution in [-0.4, -0.2) is 64.8 Å². The lowest BCUT2D eigenvalue weighted by Crippen LogP contribution is -2.45. The van der Waals surface area contributed by atoms with Gasteiger partial charge in [-0.1, -0.05) is 12.1 Å². The van der Waals surface area contributed by atoms with Crippen molar-refractivity contribution in [3.63, 3.8) is 0 Å². The molecule has 2 fully saturated rings. The average molecular weight is 392 g/mol. The summed E-state index contributed by atoms with van der Waals surface area (Å²) in [7, 11) is -5.37. The molecule has 2 aliphatic heterocycles. The van der Waals surface area contributed by atoms with E-state index in [0.717, 1.165) is 38.5 Å². The summed E-state index contributed by atoms with van der Waals surface area (Å²) in [5.74, 6) is 0.295. The molecule has 1 aromatic carbocycles. The van der Waals surface area contributed by atoms with Gasteiger partial charge in [-0.2, -0.15) is 13.2 Å². The Morgan fingerprint density at radius 2 is 1.81 bits per heavy atom. The van der Waals surface area contributed by atoms with Crippen molar-refractivity contribution in [2.45, 2.75) is 23.2 Å². The number of sulfone groups is 1. The topological polar surface area (TPSA) is 49.9 Å². The van der Waals surface area contributed by atoms with Crippen LogP contribution in [0.1, 0.15) is 12.8 Å². The maximum atomic E-state index is 13.0. The molecule has 2 aliphatic rings. The fourth-order valence-electron chi connectivity index (χ4n) is 3.65. The third-order valence-corrected chi connectivity index (χ3v) is 6.47. The minimum absolute atomic E-state index is 0.150. The first-order chi connectivity index (χ1) is 12.3. The minimum Gasteiger partial charge on any atom is -0.379 e. The van der Waals surface area contributed by atoms with Crippen LogP contribution < -0.4 is 4.90 Å². The number of anilines is 1. The molecule has 26 heavy (non-hydrogen) atoms. The van der Waals surface area contributed by atoms with E-state index in [0.29, 0.717) is 32.2 Å². The van der Waals surface area contributed by atoms with Gasteiger partial charge in [0.2, 0.25) is 0 Å². The predicted octanol–water partition coefficient (Wildman–Crippen LogP) is 2.53. The van der Waals surface area contributed by atoms with Crippen molar-refractivity contribution in [2.75, 3.05) is 50.8 Å². The highest BCUT2D eigenvalue weighted by molar-refractivity contribution is 7.92. The van der Waals surface area contributed by atoms with Gasteiger partial charge in [0.25, 0.3) is 9.84 Å². The van der Waals surface area contributed by atoms with Gasteiger partial charge in [0.05, 0.1) is 23.8 Å². The molecule has 0 bridgehead atoms. The van der Waals surface area contributed by atoms with Gasteiger partial charge in [0, 0.05) is 32.7 Å². The van der Waals surface area contributed by atoms with E-state index in [4.69, 9.17) is 4.74 Å². The zero-order valence-electron chi connectivity index (χ0n) is 14.4. The van der Waals surface area contributed by atoms with Gasteiger partial charge in [0.1, 0.15) is 0 Å². The first kappa shape index (κ1) is 19.4. The van der Waals surface area contributed by atoms with Crippen LogP contribution in [0.4, 0.5) is 18.9 Å². The van der Waals surface area contributed by atoms with E-state index in [1.807, 2.05) is 0 Å². The number of piperidine rings is 1. The summed E-state index contributed by atoms with van der Waals surface area (Å²) in [5.41, 5.74) is -5.15. The van der Waals surface area contributed by atoms with E-state index in [1.165, 1.54) is 12.1 Å². The third-order valence-electron chi connectivity index (χ3n) is 4.94. The molecule has 146 valence electrons. The summed E-state index contributed by atoms with van der Waals surface area (Å²) in [6.45, 7) is 5.08. The van der Waals surface area contributed by atoms with Gasteiger partial charge in [0.15, 0.2) is 0 Å². The zero-order chi connectivity index (χ0) is 18.8. The minimum atomic E-state index is -5.37. The number of ether oxygens (including phenoxy) is 1. The van der Waals surface area contributed by atoms with Gasteiger partial charge in [-0.05, 0) is 30.9 Å². The van der Waals surface area contributed by atoms with Crippen molar-refractivity contribution in [3.05, 3.63) is 24.3 Å². The lowest BCUT2D eigenvalue weighted by Gasteiger charge is -2.38. The smallest absolute Gasteiger partial charge is 0.379 e. The second-order valence-electron chi connectivity index (χ2n) is 6.78. The fourth-order valence-corrected chi connectivity index (χ4v) is 4.63. The normalized spacial score (nSPS) is 23.2. The van der Waals surface area contributed by atoms with Crippen LogP contribution in [0.3, 0.4) is 0 Å². The van der Waals surface area contributed by atoms with E-state index in [2.05, 4.69) is 4.90 Å². The first-order valence-corrected chi connectivity index (χ1v) is 10.2. The van der Waals surface area contributed by atoms with Crippen molar-refractivity contribution in [3.8, 4) is 0 Å². The molecule has 0 aliphatic carbocycles. The lowest BCUT2D eigenvalue weighted by molar-refractivity contribution is -0.0435. The zero-order valence-corrected chi connectivity index (χ0v) is 15.2. The summed E-state index contributed by atoms with van der Waals surface area (Å²) in [4.78, 5) is 3.43. The summed E-state index contributed by atoms with van der Waals surface area (Å²) >= 11 is 0. The van der Waals surface area contributed by atoms with E-state index >= 15 is 0 Å². The number of rotatable bonds is 4. The Labute approximate surface area is 151 Å². The van der Waals surface area contributed by atoms with Crippen LogP contribution in [0.2, 0.25) is 0 Å². The molecule has 2 saturated heterocycles. The highest BCUT2D eigenvalue weighted by Crippen LogP contribution is 2.37. The monoisotopic (exact) mass is 392 g/mol. The molecule has 5 nitrogen and oxygen atoms in total. The van der Waals surface area contributed by atoms with Crippen LogP contribution in [0.5, 0.6) is 0 Å². The molecule has 0 unspecified atom stereocenters. The molecule has 0 spiro atoms. The molecule has 0 radical (unpaired) electrons. The van der Waals surface area contributed by atoms with Gasteiger partial charge >= 0.3 is 5.51 Å². The Morgan fingerprint density at radius 1 is 1.12 bits per heavy atom. The number of halogens is 3. The second kappa shape index (κ2) is 7.74. The maximum absolute atomic E-state index is 13.0. The van der Waals surface area contributed by atoms with Gasteiger partial charge < -0.3 is 9.64 Å². The third kappa shape index (κ3) is 4.15. The number of morpholine rings is 1. The number of para-hydroxylation sites is 1. The maximum Gasteiger partial charge on any atom is 0.501 e. The SMILES string of the molecule is O=S(=O)(c1ccccc1N1CCC[C@H](CN2CCOCC2)C1)C(F)(F)F. The molecule has 2 heterocycles. The van der Waals surface area contributed by atoms with Crippen molar-refractivity contribution >= 4 is 15.5 Å². The Morgan fingerprint density at radius 3 is 2.50 bits per heavy atom. The van der Waals surface area contributed by atoms with E-state index in [9.17, 15) is 21.6 Å². The van der Waals surface area contributed by atoms with Crippen LogP contribution >= 0.6 is 0 Å². The van der Waals surface area contributed by atoms with Crippen LogP contribution in [0.25, 0.3) is 0 Å². The highest BCUT2D eigenvalue weighted by Gasteiger charge is 2.48. The molecule has 0 saturated carbocycles. The standard InChI is InChI=1S/C17H23F3N2O3S/c18-17(19,20)26(23,24)16-6-2-1-5-15(16)22-7-3-4-14(13-22)12-21-8-10-25-11-9-21/h1-2,5-6,14H,3-4,7-13H2/t14-/m1/s1. The molecule has 1 aromatic rings. The number of hydrogen-bond acceptors (Lipinski definition) is 5. The van der Waals surface area contributed by atoms with Crippen molar-refractivity contribution in [1.29, 1.82) is 0 Å². The summed E-state index contributed by atoms with van der Waals surface area (Å²) in [5, 5.41) is 0. The Balaban J connectivity index is 1.78. The molecule has 9 heteroatoms. The van der Waals surface area contributed by atoms with E-state index in [-0.39, 0.29) is 5.69 Å². The highest BCUT2D eigenvalue weighted by atomic mass is 32.2. The molecule has 3 rings (SSSR count). The Bertz CT molecular complexity index is 718. The number of nitrogens with zero attached hydrogens (tertiary/aromatic N) is 2. The predicted molar refractivity (Wildman–Crippen MR) is 91.9 cm³/mol. The Kier molecular flexibility index (Phi) is 5.78. The molecule has 0 N–H and O–H groups in total. The first-order valence-electron chi connectivity index (χ1n) is 8.74. The molecule has 0 amide bonds. The quantitative estimate of drug-likeness (QED) is 0.788. The second-order valence-corrected chi connectivity index (χ2v) is 8.69. The van der Waals surface area contributed by atoms with Gasteiger partial charge in [-0.15, -0.1) is 0 Å². The van der Waals surface area contributed by atoms with E-state index in [1.54, 1.807) is 11.0 Å². The lowest BCUT2D eigenvalue weighted by atomic mass is 9.96. The summed E-state index contributed by atoms with van der Waals surface area (Å²) in [6.07, 6.45) is 1.82. The van der Waals surface area contributed by atoms with Crippen LogP contribution in [-0.2, 0) is 14.6 Å². The van der Waals surface area contributed by atoms with Crippen molar-refractivity contribution < 1.29 is 26.3 Å². The summed E-state index contributed by atoms with van der Waals surface area (Å²) in [6, 6.07) is 5.42. The largest absolute Gasteiger partial charge is 0.501 e. The molecular formula is C17H23F3N2O3S. The van der Waals surface area contributed by atoms with Crippen molar-refractivity contribution in [2.24, 2.45) is 5.92 Å². The number of benzene rings is 1. The Hall–Kier alpha value is -1.32. The molecule has 0 aromatic heterocycles. The molecule has 1 atom stereocenters. The number of alkyl halides is 3. The van der Waals surface area contributed by atoms with Crippen LogP contribution in [0.15, 0.2) is 29.2 Å².